The van der Waals surface area contributed by atoms with E-state index in [0.29, 0.717) is 24.7 Å². The molecule has 2 amide bonds. The van der Waals surface area contributed by atoms with Gasteiger partial charge in [0, 0.05) is 25.9 Å². The molecule has 2 aliphatic rings. The Balaban J connectivity index is 1.52. The maximum atomic E-state index is 13.2. The van der Waals surface area contributed by atoms with Gasteiger partial charge in [0.15, 0.2) is 18.2 Å². The first kappa shape index (κ1) is 18.4. The zero-order valence-corrected chi connectivity index (χ0v) is 15.6. The Hall–Kier alpha value is -2.93. The molecule has 2 aromatic rings. The number of nitrogens with zero attached hydrogens (tertiary/aromatic N) is 3. The third-order valence-electron chi connectivity index (χ3n) is 4.97. The van der Waals surface area contributed by atoms with Crippen LogP contribution in [0, 0.1) is 0 Å². The molecule has 0 spiro atoms. The highest BCUT2D eigenvalue weighted by molar-refractivity contribution is 6.01. The summed E-state index contributed by atoms with van der Waals surface area (Å²) >= 11 is 0. The van der Waals surface area contributed by atoms with Crippen LogP contribution < -0.4 is 9.64 Å². The summed E-state index contributed by atoms with van der Waals surface area (Å²) in [5.74, 6) is 0.509. The summed E-state index contributed by atoms with van der Waals surface area (Å²) in [6, 6.07) is 13.3. The fourth-order valence-electron chi connectivity index (χ4n) is 3.52. The van der Waals surface area contributed by atoms with E-state index in [9.17, 15) is 9.59 Å². The molecule has 1 aromatic carbocycles. The second-order valence-corrected chi connectivity index (χ2v) is 6.99. The van der Waals surface area contributed by atoms with Crippen LogP contribution in [0.4, 0.5) is 5.82 Å². The van der Waals surface area contributed by atoms with Gasteiger partial charge in [-0.05, 0) is 30.5 Å². The van der Waals surface area contributed by atoms with E-state index in [0.717, 1.165) is 25.0 Å². The van der Waals surface area contributed by atoms with Gasteiger partial charge in [0.05, 0.1) is 6.10 Å². The topological polar surface area (TPSA) is 72.0 Å². The molecule has 0 radical (unpaired) electrons. The Labute approximate surface area is 163 Å². The van der Waals surface area contributed by atoms with Gasteiger partial charge in [-0.25, -0.2) is 4.98 Å². The van der Waals surface area contributed by atoms with Crippen molar-refractivity contribution in [2.45, 2.75) is 25.5 Å². The molecule has 1 saturated heterocycles. The van der Waals surface area contributed by atoms with Crippen LogP contribution >= 0.6 is 0 Å². The lowest BCUT2D eigenvalue weighted by atomic mass is 10.1. The molecule has 0 bridgehead atoms. The molecular weight excluding hydrogens is 358 g/mol. The maximum absolute atomic E-state index is 13.2. The number of anilines is 1. The fourth-order valence-corrected chi connectivity index (χ4v) is 3.52. The first-order valence-corrected chi connectivity index (χ1v) is 9.52. The van der Waals surface area contributed by atoms with Crippen molar-refractivity contribution in [1.29, 1.82) is 0 Å². The fraction of sp³-hybridized carbons (Fsp3) is 0.381. The number of carbonyl (C=O) groups excluding carboxylic acids is 2. The van der Waals surface area contributed by atoms with E-state index in [1.165, 1.54) is 4.90 Å². The molecule has 4 rings (SSSR count). The van der Waals surface area contributed by atoms with E-state index >= 15 is 0 Å². The van der Waals surface area contributed by atoms with Crippen molar-refractivity contribution in [2.24, 2.45) is 0 Å². The first-order chi connectivity index (χ1) is 13.7. The maximum Gasteiger partial charge on any atom is 0.266 e. The molecule has 7 heteroatoms. The van der Waals surface area contributed by atoms with Crippen molar-refractivity contribution in [3.8, 4) is 5.75 Å². The summed E-state index contributed by atoms with van der Waals surface area (Å²) in [6.07, 6.45) is 3.58. The van der Waals surface area contributed by atoms with Crippen LogP contribution in [-0.4, -0.2) is 54.1 Å². The van der Waals surface area contributed by atoms with Gasteiger partial charge >= 0.3 is 0 Å². The van der Waals surface area contributed by atoms with Gasteiger partial charge in [-0.1, -0.05) is 30.3 Å². The van der Waals surface area contributed by atoms with Crippen LogP contribution in [-0.2, 0) is 20.9 Å². The predicted molar refractivity (Wildman–Crippen MR) is 103 cm³/mol. The number of carbonyl (C=O) groups is 2. The minimum Gasteiger partial charge on any atom is -0.480 e. The van der Waals surface area contributed by atoms with Gasteiger partial charge in [0.1, 0.15) is 6.54 Å². The number of benzene rings is 1. The average Bonchev–Trinajstić information content (AvgIpc) is 3.23. The Morgan fingerprint density at radius 2 is 2.07 bits per heavy atom. The molecule has 0 N–H and O–H groups in total. The van der Waals surface area contributed by atoms with Crippen LogP contribution in [0.3, 0.4) is 0 Å². The summed E-state index contributed by atoms with van der Waals surface area (Å²) in [6.45, 7) is 1.58. The Bertz CT molecular complexity index is 837. The minimum absolute atomic E-state index is 0.0402. The number of fused-ring (bicyclic) bond motifs is 1. The highest BCUT2D eigenvalue weighted by Crippen LogP contribution is 2.29. The Kier molecular flexibility index (Phi) is 5.53. The highest BCUT2D eigenvalue weighted by atomic mass is 16.5. The summed E-state index contributed by atoms with van der Waals surface area (Å²) in [5, 5.41) is 0. The molecule has 1 fully saturated rings. The zero-order valence-electron chi connectivity index (χ0n) is 15.6. The van der Waals surface area contributed by atoms with E-state index in [4.69, 9.17) is 9.47 Å². The van der Waals surface area contributed by atoms with Gasteiger partial charge in [-0.2, -0.15) is 0 Å². The number of ether oxygens (including phenoxy) is 2. The van der Waals surface area contributed by atoms with E-state index in [-0.39, 0.29) is 31.1 Å². The van der Waals surface area contributed by atoms with Crippen LogP contribution in [0.25, 0.3) is 0 Å². The van der Waals surface area contributed by atoms with Crippen molar-refractivity contribution >= 4 is 17.6 Å². The third kappa shape index (κ3) is 4.14. The van der Waals surface area contributed by atoms with Gasteiger partial charge in [-0.3, -0.25) is 14.5 Å². The van der Waals surface area contributed by atoms with Gasteiger partial charge in [-0.15, -0.1) is 0 Å². The largest absolute Gasteiger partial charge is 0.480 e. The number of amides is 2. The molecule has 1 atom stereocenters. The second kappa shape index (κ2) is 8.39. The number of rotatable bonds is 6. The van der Waals surface area contributed by atoms with Crippen molar-refractivity contribution in [3.63, 3.8) is 0 Å². The molecule has 2 aliphatic heterocycles. The van der Waals surface area contributed by atoms with Gasteiger partial charge < -0.3 is 14.4 Å². The van der Waals surface area contributed by atoms with E-state index in [1.807, 2.05) is 30.3 Å². The smallest absolute Gasteiger partial charge is 0.266 e. The molecule has 3 heterocycles. The summed E-state index contributed by atoms with van der Waals surface area (Å²) in [5.41, 5.74) is 1.04. The van der Waals surface area contributed by atoms with Gasteiger partial charge in [0.2, 0.25) is 5.91 Å². The minimum atomic E-state index is -0.267. The van der Waals surface area contributed by atoms with E-state index < -0.39 is 0 Å². The van der Waals surface area contributed by atoms with Crippen LogP contribution in [0.15, 0.2) is 48.7 Å². The summed E-state index contributed by atoms with van der Waals surface area (Å²) in [4.78, 5) is 33.0. The van der Waals surface area contributed by atoms with E-state index in [2.05, 4.69) is 4.98 Å². The summed E-state index contributed by atoms with van der Waals surface area (Å²) < 4.78 is 11.1. The Morgan fingerprint density at radius 3 is 2.86 bits per heavy atom. The molecule has 28 heavy (non-hydrogen) atoms. The van der Waals surface area contributed by atoms with E-state index in [1.54, 1.807) is 23.2 Å². The quantitative estimate of drug-likeness (QED) is 0.766. The second-order valence-electron chi connectivity index (χ2n) is 6.99. The molecule has 0 aliphatic carbocycles. The average molecular weight is 381 g/mol. The predicted octanol–water partition coefficient (Wildman–Crippen LogP) is 2.01. The van der Waals surface area contributed by atoms with Crippen LogP contribution in [0.5, 0.6) is 5.75 Å². The van der Waals surface area contributed by atoms with Crippen molar-refractivity contribution < 1.29 is 19.1 Å². The van der Waals surface area contributed by atoms with Crippen LogP contribution in [0.1, 0.15) is 18.4 Å². The molecular formula is C21H23N3O4. The van der Waals surface area contributed by atoms with Crippen molar-refractivity contribution in [2.75, 3.05) is 31.2 Å². The standard InChI is InChI=1S/C21H23N3O4/c25-19(14-24-20(26)15-28-18-9-4-10-22-21(18)24)23(13-17-8-5-11-27-17)12-16-6-2-1-3-7-16/h1-4,6-7,9-10,17H,5,8,11-15H2/t17-/m1/s1. The SMILES string of the molecule is O=C(CN1C(=O)COc2cccnc21)N(Cc1ccccc1)C[C@H]1CCCO1. The zero-order chi connectivity index (χ0) is 19.3. The lowest BCUT2D eigenvalue weighted by Crippen LogP contribution is -2.48. The molecule has 0 unspecified atom stereocenters. The van der Waals surface area contributed by atoms with Crippen LogP contribution in [0.2, 0.25) is 0 Å². The Morgan fingerprint density at radius 1 is 1.21 bits per heavy atom. The number of hydrogen-bond acceptors (Lipinski definition) is 5. The normalized spacial score (nSPS) is 18.5. The molecule has 146 valence electrons. The lowest BCUT2D eigenvalue weighted by Gasteiger charge is -2.31. The number of aromatic nitrogens is 1. The third-order valence-corrected chi connectivity index (χ3v) is 4.97. The number of hydrogen-bond donors (Lipinski definition) is 0. The highest BCUT2D eigenvalue weighted by Gasteiger charge is 2.31. The van der Waals surface area contributed by atoms with Crippen molar-refractivity contribution in [1.82, 2.24) is 9.88 Å². The molecule has 0 saturated carbocycles. The summed E-state index contributed by atoms with van der Waals surface area (Å²) in [7, 11) is 0. The van der Waals surface area contributed by atoms with Gasteiger partial charge in [0.25, 0.3) is 5.91 Å². The molecule has 1 aromatic heterocycles. The molecule has 7 nitrogen and oxygen atoms in total. The number of pyridine rings is 1. The lowest BCUT2D eigenvalue weighted by molar-refractivity contribution is -0.133. The monoisotopic (exact) mass is 381 g/mol. The van der Waals surface area contributed by atoms with Crippen molar-refractivity contribution in [3.05, 3.63) is 54.2 Å². The first-order valence-electron chi connectivity index (χ1n) is 9.52.